The van der Waals surface area contributed by atoms with Crippen LogP contribution in [0.4, 0.5) is 4.39 Å². The summed E-state index contributed by atoms with van der Waals surface area (Å²) in [5, 5.41) is 1.71. The van der Waals surface area contributed by atoms with Crippen molar-refractivity contribution in [3.05, 3.63) is 41.5 Å². The van der Waals surface area contributed by atoms with Gasteiger partial charge in [0.05, 0.1) is 6.10 Å². The highest BCUT2D eigenvalue weighted by molar-refractivity contribution is 5.92. The van der Waals surface area contributed by atoms with Crippen molar-refractivity contribution in [2.45, 2.75) is 45.4 Å². The quantitative estimate of drug-likeness (QED) is 0.736. The summed E-state index contributed by atoms with van der Waals surface area (Å²) in [7, 11) is 0. The third kappa shape index (κ3) is 2.99. The van der Waals surface area contributed by atoms with E-state index in [1.54, 1.807) is 12.1 Å². The molecule has 0 spiro atoms. The molecule has 1 saturated carbocycles. The maximum Gasteiger partial charge on any atom is 0.150 e. The van der Waals surface area contributed by atoms with Gasteiger partial charge in [-0.1, -0.05) is 25.1 Å². The SMILES string of the molecule is CC1CCC(Oc2ccc3cc(C=O)ccc3c2CF)CC1. The normalized spacial score (nSPS) is 21.7. The summed E-state index contributed by atoms with van der Waals surface area (Å²) in [6.45, 7) is 1.71. The van der Waals surface area contributed by atoms with Gasteiger partial charge in [0.1, 0.15) is 18.7 Å². The van der Waals surface area contributed by atoms with Crippen molar-refractivity contribution in [3.8, 4) is 5.75 Å². The van der Waals surface area contributed by atoms with Crippen molar-refractivity contribution in [2.75, 3.05) is 0 Å². The molecule has 0 amide bonds. The zero-order valence-corrected chi connectivity index (χ0v) is 12.8. The van der Waals surface area contributed by atoms with Gasteiger partial charge in [-0.25, -0.2) is 4.39 Å². The number of aldehydes is 1. The van der Waals surface area contributed by atoms with Gasteiger partial charge >= 0.3 is 0 Å². The number of ether oxygens (including phenoxy) is 1. The summed E-state index contributed by atoms with van der Waals surface area (Å²) < 4.78 is 19.6. The molecule has 0 aliphatic heterocycles. The molecule has 3 rings (SSSR count). The van der Waals surface area contributed by atoms with E-state index in [0.717, 1.165) is 35.8 Å². The number of carbonyl (C=O) groups excluding carboxylic acids is 1. The van der Waals surface area contributed by atoms with Crippen LogP contribution < -0.4 is 4.74 Å². The lowest BCUT2D eigenvalue weighted by Crippen LogP contribution is -2.23. The molecule has 0 radical (unpaired) electrons. The smallest absolute Gasteiger partial charge is 0.150 e. The van der Waals surface area contributed by atoms with Gasteiger partial charge in [-0.05, 0) is 54.5 Å². The fourth-order valence-corrected chi connectivity index (χ4v) is 3.24. The van der Waals surface area contributed by atoms with E-state index in [1.165, 1.54) is 12.8 Å². The van der Waals surface area contributed by atoms with Gasteiger partial charge < -0.3 is 4.74 Å². The Balaban J connectivity index is 1.91. The summed E-state index contributed by atoms with van der Waals surface area (Å²) >= 11 is 0. The molecule has 0 unspecified atom stereocenters. The van der Waals surface area contributed by atoms with Gasteiger partial charge in [-0.15, -0.1) is 0 Å². The molecule has 0 atom stereocenters. The van der Waals surface area contributed by atoms with E-state index in [4.69, 9.17) is 4.74 Å². The van der Waals surface area contributed by atoms with Crippen LogP contribution in [0.2, 0.25) is 0 Å². The summed E-state index contributed by atoms with van der Waals surface area (Å²) in [6, 6.07) is 9.06. The molecule has 1 aliphatic carbocycles. The van der Waals surface area contributed by atoms with Gasteiger partial charge in [-0.2, -0.15) is 0 Å². The Morgan fingerprint density at radius 1 is 1.18 bits per heavy atom. The topological polar surface area (TPSA) is 26.3 Å². The Labute approximate surface area is 130 Å². The summed E-state index contributed by atoms with van der Waals surface area (Å²) in [5.74, 6) is 1.41. The zero-order chi connectivity index (χ0) is 15.5. The molecule has 0 aromatic heterocycles. The van der Waals surface area contributed by atoms with Crippen LogP contribution in [0.15, 0.2) is 30.3 Å². The van der Waals surface area contributed by atoms with Crippen molar-refractivity contribution in [1.82, 2.24) is 0 Å². The molecule has 2 aromatic rings. The molecule has 2 nitrogen and oxygen atoms in total. The van der Waals surface area contributed by atoms with Crippen molar-refractivity contribution in [1.29, 1.82) is 0 Å². The minimum Gasteiger partial charge on any atom is -0.490 e. The lowest BCUT2D eigenvalue weighted by Gasteiger charge is -2.27. The minimum atomic E-state index is -0.559. The molecule has 0 heterocycles. The number of halogens is 1. The number of rotatable bonds is 4. The number of carbonyl (C=O) groups is 1. The Bertz CT molecular complexity index is 672. The van der Waals surface area contributed by atoms with Gasteiger partial charge in [0.15, 0.2) is 0 Å². The molecule has 0 bridgehead atoms. The third-order valence-corrected chi connectivity index (χ3v) is 4.64. The third-order valence-electron chi connectivity index (χ3n) is 4.64. The van der Waals surface area contributed by atoms with E-state index in [0.29, 0.717) is 16.9 Å². The van der Waals surface area contributed by atoms with Gasteiger partial charge in [0.2, 0.25) is 0 Å². The predicted molar refractivity (Wildman–Crippen MR) is 86.2 cm³/mol. The maximum atomic E-state index is 13.6. The van der Waals surface area contributed by atoms with Crippen LogP contribution >= 0.6 is 0 Å². The van der Waals surface area contributed by atoms with Gasteiger partial charge in [-0.3, -0.25) is 4.79 Å². The standard InChI is InChI=1S/C19H21FO2/c1-13-2-6-16(7-3-13)22-19-9-5-15-10-14(12-21)4-8-17(15)18(19)11-20/h4-5,8-10,12-13,16H,2-3,6-7,11H2,1H3. The molecule has 0 N–H and O–H groups in total. The summed E-state index contributed by atoms with van der Waals surface area (Å²) in [5.41, 5.74) is 1.20. The Kier molecular flexibility index (Phi) is 4.41. The van der Waals surface area contributed by atoms with E-state index >= 15 is 0 Å². The van der Waals surface area contributed by atoms with Crippen LogP contribution in [0, 0.1) is 5.92 Å². The first kappa shape index (κ1) is 15.0. The monoisotopic (exact) mass is 300 g/mol. The van der Waals surface area contributed by atoms with E-state index < -0.39 is 6.67 Å². The first-order valence-electron chi connectivity index (χ1n) is 7.94. The summed E-state index contributed by atoms with van der Waals surface area (Å²) in [6.07, 6.45) is 5.41. The second kappa shape index (κ2) is 6.47. The molecule has 1 fully saturated rings. The number of fused-ring (bicyclic) bond motifs is 1. The lowest BCUT2D eigenvalue weighted by molar-refractivity contribution is 0.112. The number of benzene rings is 2. The van der Waals surface area contributed by atoms with Gasteiger partial charge in [0.25, 0.3) is 0 Å². The molecular formula is C19H21FO2. The van der Waals surface area contributed by atoms with Gasteiger partial charge in [0, 0.05) is 11.1 Å². The average Bonchev–Trinajstić information content (AvgIpc) is 2.56. The molecule has 0 saturated heterocycles. The highest BCUT2D eigenvalue weighted by Crippen LogP contribution is 2.33. The second-order valence-corrected chi connectivity index (χ2v) is 6.27. The second-order valence-electron chi connectivity index (χ2n) is 6.27. The van der Waals surface area contributed by atoms with E-state index in [9.17, 15) is 9.18 Å². The zero-order valence-electron chi connectivity index (χ0n) is 12.8. The van der Waals surface area contributed by atoms with Crippen LogP contribution in [0.1, 0.15) is 48.5 Å². The fourth-order valence-electron chi connectivity index (χ4n) is 3.24. The average molecular weight is 300 g/mol. The van der Waals surface area contributed by atoms with Crippen LogP contribution in [-0.4, -0.2) is 12.4 Å². The summed E-state index contributed by atoms with van der Waals surface area (Å²) in [4.78, 5) is 10.9. The fraction of sp³-hybridized carbons (Fsp3) is 0.421. The Morgan fingerprint density at radius 2 is 1.95 bits per heavy atom. The van der Waals surface area contributed by atoms with E-state index in [2.05, 4.69) is 6.92 Å². The van der Waals surface area contributed by atoms with Crippen molar-refractivity contribution in [2.24, 2.45) is 5.92 Å². The first-order valence-corrected chi connectivity index (χ1v) is 7.94. The largest absolute Gasteiger partial charge is 0.490 e. The van der Waals surface area contributed by atoms with E-state index in [1.807, 2.05) is 18.2 Å². The van der Waals surface area contributed by atoms with Crippen LogP contribution in [0.3, 0.4) is 0 Å². The van der Waals surface area contributed by atoms with E-state index in [-0.39, 0.29) is 6.10 Å². The van der Waals surface area contributed by atoms with Crippen LogP contribution in [0.5, 0.6) is 5.75 Å². The number of alkyl halides is 1. The maximum absolute atomic E-state index is 13.6. The number of hydrogen-bond donors (Lipinski definition) is 0. The minimum absolute atomic E-state index is 0.188. The highest BCUT2D eigenvalue weighted by Gasteiger charge is 2.21. The molecular weight excluding hydrogens is 279 g/mol. The Hall–Kier alpha value is -1.90. The van der Waals surface area contributed by atoms with Crippen molar-refractivity contribution < 1.29 is 13.9 Å². The van der Waals surface area contributed by atoms with Crippen LogP contribution in [-0.2, 0) is 6.67 Å². The predicted octanol–water partition coefficient (Wildman–Crippen LogP) is 5.08. The molecule has 3 heteroatoms. The van der Waals surface area contributed by atoms with Crippen molar-refractivity contribution in [3.63, 3.8) is 0 Å². The Morgan fingerprint density at radius 3 is 2.64 bits per heavy atom. The van der Waals surface area contributed by atoms with Crippen molar-refractivity contribution >= 4 is 17.1 Å². The van der Waals surface area contributed by atoms with Crippen LogP contribution in [0.25, 0.3) is 10.8 Å². The molecule has 1 aliphatic rings. The molecule has 22 heavy (non-hydrogen) atoms. The lowest BCUT2D eigenvalue weighted by atomic mass is 9.89. The first-order chi connectivity index (χ1) is 10.7. The highest BCUT2D eigenvalue weighted by atomic mass is 19.1. The molecule has 2 aromatic carbocycles. The number of hydrogen-bond acceptors (Lipinski definition) is 2. The molecule has 116 valence electrons.